The molecule has 3 heterocycles. The zero-order valence-corrected chi connectivity index (χ0v) is 14.8. The second-order valence-corrected chi connectivity index (χ2v) is 6.52. The van der Waals surface area contributed by atoms with Gasteiger partial charge in [-0.2, -0.15) is 0 Å². The van der Waals surface area contributed by atoms with Crippen LogP contribution in [0.25, 0.3) is 33.5 Å². The van der Waals surface area contributed by atoms with Gasteiger partial charge in [-0.1, -0.05) is 48.5 Å². The molecule has 0 saturated heterocycles. The predicted octanol–water partition coefficient (Wildman–Crippen LogP) is 4.65. The van der Waals surface area contributed by atoms with Gasteiger partial charge >= 0.3 is 0 Å². The van der Waals surface area contributed by atoms with Crippen LogP contribution in [0, 0.1) is 0 Å². The Labute approximate surface area is 156 Å². The van der Waals surface area contributed by atoms with Crippen LogP contribution < -0.4 is 0 Å². The molecular formula is C22H17N5. The van der Waals surface area contributed by atoms with E-state index in [2.05, 4.69) is 44.6 Å². The molecule has 0 N–H and O–H groups in total. The van der Waals surface area contributed by atoms with Gasteiger partial charge in [0.25, 0.3) is 0 Å². The lowest BCUT2D eigenvalue weighted by molar-refractivity contribution is 0.652. The van der Waals surface area contributed by atoms with E-state index in [9.17, 15) is 0 Å². The van der Waals surface area contributed by atoms with Gasteiger partial charge in [0.1, 0.15) is 0 Å². The summed E-state index contributed by atoms with van der Waals surface area (Å²) in [6.07, 6.45) is 5.42. The summed E-state index contributed by atoms with van der Waals surface area (Å²) in [7, 11) is 0. The fourth-order valence-electron chi connectivity index (χ4n) is 3.43. The number of benzene rings is 2. The van der Waals surface area contributed by atoms with Crippen LogP contribution >= 0.6 is 0 Å². The molecule has 130 valence electrons. The van der Waals surface area contributed by atoms with Gasteiger partial charge < -0.3 is 4.57 Å². The summed E-state index contributed by atoms with van der Waals surface area (Å²) in [5, 5.41) is 1.07. The molecule has 0 spiro atoms. The van der Waals surface area contributed by atoms with Gasteiger partial charge in [0.2, 0.25) is 0 Å². The summed E-state index contributed by atoms with van der Waals surface area (Å²) in [4.78, 5) is 18.3. The third-order valence-electron chi connectivity index (χ3n) is 4.91. The van der Waals surface area contributed by atoms with Crippen molar-refractivity contribution in [2.45, 2.75) is 13.0 Å². The van der Waals surface area contributed by atoms with E-state index in [1.54, 1.807) is 6.20 Å². The number of aromatic nitrogens is 5. The average molecular weight is 351 g/mol. The standard InChI is InChI=1S/C22H17N5/c1-15(16-7-3-2-4-8-16)27-14-25-21-22(27)26-20(13-24-21)18-11-12-23-19-10-6-5-9-17(18)19/h2-15H,1H3. The van der Waals surface area contributed by atoms with E-state index in [0.717, 1.165) is 27.8 Å². The number of imidazole rings is 1. The smallest absolute Gasteiger partial charge is 0.197 e. The summed E-state index contributed by atoms with van der Waals surface area (Å²) in [6, 6.07) is 20.5. The highest BCUT2D eigenvalue weighted by atomic mass is 15.1. The van der Waals surface area contributed by atoms with Gasteiger partial charge in [-0.15, -0.1) is 0 Å². The summed E-state index contributed by atoms with van der Waals surface area (Å²) >= 11 is 0. The Hall–Kier alpha value is -3.60. The molecule has 2 aromatic carbocycles. The first-order chi connectivity index (χ1) is 13.3. The second kappa shape index (κ2) is 6.29. The van der Waals surface area contributed by atoms with Gasteiger partial charge in [-0.05, 0) is 24.6 Å². The molecule has 0 aliphatic rings. The van der Waals surface area contributed by atoms with Crippen LogP contribution in [0.4, 0.5) is 0 Å². The summed E-state index contributed by atoms with van der Waals surface area (Å²) in [5.74, 6) is 0. The number of rotatable bonds is 3. The molecule has 27 heavy (non-hydrogen) atoms. The Kier molecular flexibility index (Phi) is 3.64. The number of nitrogens with zero attached hydrogens (tertiary/aromatic N) is 5. The van der Waals surface area contributed by atoms with Gasteiger partial charge in [-0.3, -0.25) is 4.98 Å². The van der Waals surface area contributed by atoms with Gasteiger partial charge in [0.05, 0.1) is 29.8 Å². The molecule has 5 heteroatoms. The van der Waals surface area contributed by atoms with Crippen molar-refractivity contribution < 1.29 is 0 Å². The van der Waals surface area contributed by atoms with E-state index >= 15 is 0 Å². The van der Waals surface area contributed by atoms with E-state index < -0.39 is 0 Å². The van der Waals surface area contributed by atoms with Crippen molar-refractivity contribution in [3.8, 4) is 11.3 Å². The SMILES string of the molecule is CC(c1ccccc1)n1cnc2ncc(-c3ccnc4ccccc34)nc21. The van der Waals surface area contributed by atoms with Crippen molar-refractivity contribution in [2.24, 2.45) is 0 Å². The van der Waals surface area contributed by atoms with Gasteiger partial charge in [0.15, 0.2) is 11.3 Å². The fourth-order valence-corrected chi connectivity index (χ4v) is 3.43. The topological polar surface area (TPSA) is 56.5 Å². The van der Waals surface area contributed by atoms with E-state index in [0.29, 0.717) is 5.65 Å². The normalized spacial score (nSPS) is 12.5. The molecule has 5 rings (SSSR count). The minimum absolute atomic E-state index is 0.120. The maximum Gasteiger partial charge on any atom is 0.197 e. The monoisotopic (exact) mass is 351 g/mol. The first-order valence-corrected chi connectivity index (χ1v) is 8.90. The molecule has 0 aliphatic heterocycles. The summed E-state index contributed by atoms with van der Waals surface area (Å²) in [5.41, 5.74) is 5.43. The highest BCUT2D eigenvalue weighted by molar-refractivity contribution is 5.93. The molecular weight excluding hydrogens is 334 g/mol. The third-order valence-corrected chi connectivity index (χ3v) is 4.91. The molecule has 0 saturated carbocycles. The quantitative estimate of drug-likeness (QED) is 0.475. The number of fused-ring (bicyclic) bond motifs is 2. The Morgan fingerprint density at radius 2 is 1.67 bits per heavy atom. The molecule has 0 amide bonds. The van der Waals surface area contributed by atoms with Crippen molar-refractivity contribution in [1.29, 1.82) is 0 Å². The zero-order valence-electron chi connectivity index (χ0n) is 14.8. The fraction of sp³-hybridized carbons (Fsp3) is 0.0909. The Balaban J connectivity index is 1.67. The molecule has 0 radical (unpaired) electrons. The van der Waals surface area contributed by atoms with Crippen molar-refractivity contribution in [2.75, 3.05) is 0 Å². The lowest BCUT2D eigenvalue weighted by Gasteiger charge is -2.14. The zero-order chi connectivity index (χ0) is 18.2. The van der Waals surface area contributed by atoms with Crippen LogP contribution in [0.2, 0.25) is 0 Å². The van der Waals surface area contributed by atoms with Crippen molar-refractivity contribution in [3.63, 3.8) is 0 Å². The van der Waals surface area contributed by atoms with Crippen LogP contribution in [0.1, 0.15) is 18.5 Å². The molecule has 5 nitrogen and oxygen atoms in total. The number of hydrogen-bond donors (Lipinski definition) is 0. The maximum absolute atomic E-state index is 4.91. The first kappa shape index (κ1) is 15.6. The van der Waals surface area contributed by atoms with Gasteiger partial charge in [-0.25, -0.2) is 15.0 Å². The summed E-state index contributed by atoms with van der Waals surface area (Å²) in [6.45, 7) is 2.15. The Morgan fingerprint density at radius 3 is 2.56 bits per heavy atom. The van der Waals surface area contributed by atoms with Crippen molar-refractivity contribution >= 4 is 22.2 Å². The van der Waals surface area contributed by atoms with Crippen LogP contribution in [0.5, 0.6) is 0 Å². The highest BCUT2D eigenvalue weighted by Gasteiger charge is 2.15. The lowest BCUT2D eigenvalue weighted by Crippen LogP contribution is -2.06. The molecule has 3 aromatic heterocycles. The average Bonchev–Trinajstić information content (AvgIpc) is 3.16. The van der Waals surface area contributed by atoms with E-state index in [1.807, 2.05) is 55.0 Å². The lowest BCUT2D eigenvalue weighted by atomic mass is 10.1. The molecule has 5 aromatic rings. The number of pyridine rings is 1. The van der Waals surface area contributed by atoms with E-state index in [4.69, 9.17) is 4.98 Å². The van der Waals surface area contributed by atoms with Crippen molar-refractivity contribution in [1.82, 2.24) is 24.5 Å². The third kappa shape index (κ3) is 2.64. The minimum Gasteiger partial charge on any atom is -0.307 e. The molecule has 0 fully saturated rings. The van der Waals surface area contributed by atoms with Crippen LogP contribution in [0.3, 0.4) is 0 Å². The maximum atomic E-state index is 4.91. The molecule has 0 bridgehead atoms. The van der Waals surface area contributed by atoms with E-state index in [-0.39, 0.29) is 6.04 Å². The Morgan fingerprint density at radius 1 is 0.852 bits per heavy atom. The minimum atomic E-state index is 0.120. The van der Waals surface area contributed by atoms with Crippen LogP contribution in [-0.4, -0.2) is 24.5 Å². The van der Waals surface area contributed by atoms with E-state index in [1.165, 1.54) is 5.56 Å². The highest BCUT2D eigenvalue weighted by Crippen LogP contribution is 2.28. The van der Waals surface area contributed by atoms with Crippen LogP contribution in [0.15, 0.2) is 79.4 Å². The Bertz CT molecular complexity index is 1240. The number of hydrogen-bond acceptors (Lipinski definition) is 4. The molecule has 1 atom stereocenters. The summed E-state index contributed by atoms with van der Waals surface area (Å²) < 4.78 is 2.07. The second-order valence-electron chi connectivity index (χ2n) is 6.52. The van der Waals surface area contributed by atoms with Crippen LogP contribution in [-0.2, 0) is 0 Å². The van der Waals surface area contributed by atoms with Gasteiger partial charge in [0, 0.05) is 17.1 Å². The molecule has 0 aliphatic carbocycles. The largest absolute Gasteiger partial charge is 0.307 e. The molecule has 1 unspecified atom stereocenters. The predicted molar refractivity (Wildman–Crippen MR) is 106 cm³/mol. The van der Waals surface area contributed by atoms with Crippen molar-refractivity contribution in [3.05, 3.63) is 84.9 Å². The number of para-hydroxylation sites is 1. The first-order valence-electron chi connectivity index (χ1n) is 8.90.